The van der Waals surface area contributed by atoms with Crippen LogP contribution in [0.25, 0.3) is 27.8 Å². The second-order valence-corrected chi connectivity index (χ2v) is 10.3. The van der Waals surface area contributed by atoms with Crippen molar-refractivity contribution in [2.45, 2.75) is 46.1 Å². The average molecular weight is 486 g/mol. The largest absolute Gasteiger partial charge is 0.444 e. The van der Waals surface area contributed by atoms with E-state index in [0.717, 1.165) is 40.7 Å². The summed E-state index contributed by atoms with van der Waals surface area (Å²) in [4.78, 5) is 27.4. The zero-order valence-electron chi connectivity index (χ0n) is 21.4. The lowest BCUT2D eigenvalue weighted by Gasteiger charge is -2.26. The number of carbonyl (C=O) groups excluding carboxylic acids is 1. The van der Waals surface area contributed by atoms with E-state index in [4.69, 9.17) is 4.74 Å². The van der Waals surface area contributed by atoms with Crippen LogP contribution in [0.1, 0.15) is 37.7 Å². The van der Waals surface area contributed by atoms with Gasteiger partial charge in [-0.1, -0.05) is 6.07 Å². The first kappa shape index (κ1) is 23.8. The van der Waals surface area contributed by atoms with Gasteiger partial charge in [-0.2, -0.15) is 10.2 Å². The minimum Gasteiger partial charge on any atom is -0.444 e. The van der Waals surface area contributed by atoms with Crippen molar-refractivity contribution in [1.29, 1.82) is 0 Å². The summed E-state index contributed by atoms with van der Waals surface area (Å²) in [5.41, 5.74) is 5.96. The van der Waals surface area contributed by atoms with Crippen LogP contribution < -0.4 is 5.56 Å². The third-order valence-corrected chi connectivity index (χ3v) is 6.61. The molecule has 4 heterocycles. The summed E-state index contributed by atoms with van der Waals surface area (Å²) >= 11 is 0. The van der Waals surface area contributed by atoms with Crippen molar-refractivity contribution in [1.82, 2.24) is 24.2 Å². The molecule has 0 bridgehead atoms. The van der Waals surface area contributed by atoms with Crippen LogP contribution in [0.4, 0.5) is 4.79 Å². The summed E-state index contributed by atoms with van der Waals surface area (Å²) < 4.78 is 9.42. The Morgan fingerprint density at radius 2 is 1.78 bits per heavy atom. The van der Waals surface area contributed by atoms with E-state index in [0.29, 0.717) is 18.8 Å². The molecule has 36 heavy (non-hydrogen) atoms. The number of carbonyl (C=O) groups is 1. The number of pyridine rings is 1. The topological polar surface area (TPSA) is 82.3 Å². The lowest BCUT2D eigenvalue weighted by molar-refractivity contribution is 0.0258. The maximum atomic E-state index is 13.0. The fourth-order valence-corrected chi connectivity index (χ4v) is 4.82. The van der Waals surface area contributed by atoms with Gasteiger partial charge in [0, 0.05) is 55.5 Å². The molecule has 186 valence electrons. The minimum atomic E-state index is -0.511. The lowest BCUT2D eigenvalue weighted by atomic mass is 10.1. The average Bonchev–Trinajstić information content (AvgIpc) is 2.96. The molecule has 8 nitrogen and oxygen atoms in total. The highest BCUT2D eigenvalue weighted by molar-refractivity contribution is 5.87. The molecule has 0 saturated carbocycles. The van der Waals surface area contributed by atoms with Crippen LogP contribution in [0.5, 0.6) is 0 Å². The van der Waals surface area contributed by atoms with Crippen LogP contribution in [0.2, 0.25) is 0 Å². The molecule has 0 spiro atoms. The number of fused-ring (bicyclic) bond motifs is 3. The third kappa shape index (κ3) is 4.51. The quantitative estimate of drug-likeness (QED) is 0.420. The van der Waals surface area contributed by atoms with E-state index in [1.807, 2.05) is 52.0 Å². The van der Waals surface area contributed by atoms with Gasteiger partial charge in [-0.3, -0.25) is 9.36 Å². The van der Waals surface area contributed by atoms with Gasteiger partial charge in [0.15, 0.2) is 0 Å². The first-order chi connectivity index (χ1) is 17.1. The van der Waals surface area contributed by atoms with Crippen LogP contribution >= 0.6 is 0 Å². The molecule has 3 aromatic heterocycles. The monoisotopic (exact) mass is 485 g/mol. The van der Waals surface area contributed by atoms with Crippen LogP contribution in [-0.4, -0.2) is 49.0 Å². The Bertz CT molecular complexity index is 1510. The fraction of sp³-hybridized carbons (Fsp3) is 0.357. The van der Waals surface area contributed by atoms with Crippen molar-refractivity contribution in [2.75, 3.05) is 13.1 Å². The Balaban J connectivity index is 1.44. The van der Waals surface area contributed by atoms with E-state index < -0.39 is 5.60 Å². The zero-order valence-corrected chi connectivity index (χ0v) is 21.4. The number of aromatic nitrogens is 4. The summed E-state index contributed by atoms with van der Waals surface area (Å²) in [5.74, 6) is 0. The van der Waals surface area contributed by atoms with E-state index >= 15 is 0 Å². The molecular formula is C28H31N5O3. The second-order valence-electron chi connectivity index (χ2n) is 10.3. The Kier molecular flexibility index (Phi) is 5.90. The highest BCUT2D eigenvalue weighted by atomic mass is 16.6. The molecule has 1 aliphatic heterocycles. The SMILES string of the molecule is Cc1ccc(-c2ccn(-c3ccc4c5c(n(C)c4c3)CCN(C(=O)OC(C)(C)C)CC5)c(=O)c2)nn1. The maximum Gasteiger partial charge on any atom is 0.410 e. The molecular weight excluding hydrogens is 454 g/mol. The van der Waals surface area contributed by atoms with Crippen LogP contribution in [0.15, 0.2) is 53.5 Å². The Morgan fingerprint density at radius 1 is 1.00 bits per heavy atom. The van der Waals surface area contributed by atoms with Crippen molar-refractivity contribution in [3.05, 3.63) is 76.0 Å². The fourth-order valence-electron chi connectivity index (χ4n) is 4.82. The molecule has 1 aromatic carbocycles. The molecule has 0 aliphatic carbocycles. The summed E-state index contributed by atoms with van der Waals surface area (Å²) in [6, 6.07) is 13.3. The third-order valence-electron chi connectivity index (χ3n) is 6.61. The second kappa shape index (κ2) is 8.93. The first-order valence-electron chi connectivity index (χ1n) is 12.2. The molecule has 8 heteroatoms. The standard InChI is InChI=1S/C28H31N5O3/c1-18-6-9-23(30-29-18)19-10-15-33(26(34)16-19)20-7-8-21-22-11-13-32(27(35)36-28(2,3)4)14-12-24(22)31(5)25(21)17-20/h6-10,15-17H,11-14H2,1-5H3. The van der Waals surface area contributed by atoms with Gasteiger partial charge in [0.1, 0.15) is 5.60 Å². The van der Waals surface area contributed by atoms with Gasteiger partial charge in [-0.05, 0) is 70.0 Å². The van der Waals surface area contributed by atoms with Gasteiger partial charge in [-0.25, -0.2) is 4.79 Å². The van der Waals surface area contributed by atoms with Gasteiger partial charge in [0.2, 0.25) is 0 Å². The molecule has 0 fully saturated rings. The van der Waals surface area contributed by atoms with Crippen molar-refractivity contribution in [3.63, 3.8) is 0 Å². The summed E-state index contributed by atoms with van der Waals surface area (Å²) in [6.07, 6.45) is 3.03. The van der Waals surface area contributed by atoms with E-state index in [-0.39, 0.29) is 11.7 Å². The lowest BCUT2D eigenvalue weighted by Crippen LogP contribution is -2.38. The van der Waals surface area contributed by atoms with Gasteiger partial charge in [-0.15, -0.1) is 0 Å². The van der Waals surface area contributed by atoms with E-state index in [9.17, 15) is 9.59 Å². The molecule has 1 aliphatic rings. The maximum absolute atomic E-state index is 13.0. The molecule has 0 atom stereocenters. The van der Waals surface area contributed by atoms with Gasteiger partial charge < -0.3 is 14.2 Å². The highest BCUT2D eigenvalue weighted by Crippen LogP contribution is 2.30. The molecule has 1 amide bonds. The number of nitrogens with zero attached hydrogens (tertiary/aromatic N) is 5. The number of hydrogen-bond donors (Lipinski definition) is 0. The van der Waals surface area contributed by atoms with E-state index in [2.05, 4.69) is 33.9 Å². The normalized spacial score (nSPS) is 14.0. The number of benzene rings is 1. The predicted octanol–water partition coefficient (Wildman–Crippen LogP) is 4.43. The van der Waals surface area contributed by atoms with Crippen LogP contribution in [-0.2, 0) is 24.6 Å². The number of aryl methyl sites for hydroxylation is 2. The Morgan fingerprint density at radius 3 is 2.47 bits per heavy atom. The molecule has 0 N–H and O–H groups in total. The Hall–Kier alpha value is -3.94. The van der Waals surface area contributed by atoms with Gasteiger partial charge >= 0.3 is 6.09 Å². The molecule has 0 unspecified atom stereocenters. The summed E-state index contributed by atoms with van der Waals surface area (Å²) in [6.45, 7) is 8.77. The first-order valence-corrected chi connectivity index (χ1v) is 12.2. The number of rotatable bonds is 2. The van der Waals surface area contributed by atoms with E-state index in [1.165, 1.54) is 11.3 Å². The summed E-state index contributed by atoms with van der Waals surface area (Å²) in [7, 11) is 2.05. The van der Waals surface area contributed by atoms with Crippen molar-refractivity contribution >= 4 is 17.0 Å². The number of ether oxygens (including phenoxy) is 1. The van der Waals surface area contributed by atoms with Crippen LogP contribution in [0, 0.1) is 6.92 Å². The zero-order chi connectivity index (χ0) is 25.6. The molecule has 5 rings (SSSR count). The van der Waals surface area contributed by atoms with Crippen LogP contribution in [0.3, 0.4) is 0 Å². The Labute approximate surface area is 210 Å². The highest BCUT2D eigenvalue weighted by Gasteiger charge is 2.26. The molecule has 0 radical (unpaired) electrons. The molecule has 0 saturated heterocycles. The molecule has 4 aromatic rings. The summed E-state index contributed by atoms with van der Waals surface area (Å²) in [5, 5.41) is 9.43. The number of hydrogen-bond acceptors (Lipinski definition) is 5. The van der Waals surface area contributed by atoms with Gasteiger partial charge in [0.05, 0.1) is 22.6 Å². The predicted molar refractivity (Wildman–Crippen MR) is 139 cm³/mol. The van der Waals surface area contributed by atoms with Crippen molar-refractivity contribution in [3.8, 4) is 16.9 Å². The number of amides is 1. The van der Waals surface area contributed by atoms with Gasteiger partial charge in [0.25, 0.3) is 5.56 Å². The minimum absolute atomic E-state index is 0.127. The van der Waals surface area contributed by atoms with Crippen molar-refractivity contribution < 1.29 is 9.53 Å². The smallest absolute Gasteiger partial charge is 0.410 e. The van der Waals surface area contributed by atoms with Crippen molar-refractivity contribution in [2.24, 2.45) is 7.05 Å². The van der Waals surface area contributed by atoms with E-state index in [1.54, 1.807) is 21.7 Å².